The number of aromatic nitrogens is 4. The summed E-state index contributed by atoms with van der Waals surface area (Å²) in [6.45, 7) is 1.60. The number of halogens is 4. The molecule has 4 N–H and O–H groups in total. The van der Waals surface area contributed by atoms with E-state index >= 15 is 0 Å². The van der Waals surface area contributed by atoms with Gasteiger partial charge < -0.3 is 25.4 Å². The van der Waals surface area contributed by atoms with Crippen LogP contribution in [0.1, 0.15) is 76.8 Å². The number of nitrogens with two attached hydrogens (primary N) is 1. The molecular formula is C30H34ClF3N8O3. The van der Waals surface area contributed by atoms with Gasteiger partial charge in [-0.05, 0) is 50.3 Å². The first-order valence-electron chi connectivity index (χ1n) is 15.0. The molecule has 1 saturated heterocycles. The standard InChI is InChI=1S/C30H34ClF3N8O3/c1-40-22(23-24(16-5-6-16)38-39-25(23)30(32,33)34)15-36-26(40)27(43)37-19-7-8-20(21(31)14-19)29(45)42-11-9-41(10-12-42)28(44)17-3-2-4-18(35)13-17/h7-8,14-18H,2-6,9-13,35H2,1H3,(H,37,43)(H,38,39)/t17-,18-/m1/s1. The summed E-state index contributed by atoms with van der Waals surface area (Å²) in [5.74, 6) is -1.07. The van der Waals surface area contributed by atoms with Crippen molar-refractivity contribution in [3.63, 3.8) is 0 Å². The second-order valence-electron chi connectivity index (χ2n) is 12.0. The van der Waals surface area contributed by atoms with E-state index in [-0.39, 0.29) is 63.0 Å². The second-order valence-corrected chi connectivity index (χ2v) is 12.5. The average Bonchev–Trinajstić information content (AvgIpc) is 3.63. The zero-order valence-electron chi connectivity index (χ0n) is 24.7. The summed E-state index contributed by atoms with van der Waals surface area (Å²) < 4.78 is 42.5. The van der Waals surface area contributed by atoms with Crippen LogP contribution in [0.2, 0.25) is 5.02 Å². The highest BCUT2D eigenvalue weighted by Gasteiger charge is 2.42. The largest absolute Gasteiger partial charge is 0.435 e. The van der Waals surface area contributed by atoms with Crippen molar-refractivity contribution in [2.24, 2.45) is 18.7 Å². The molecule has 0 spiro atoms. The Kier molecular flexibility index (Phi) is 8.37. The Labute approximate surface area is 262 Å². The molecule has 0 bridgehead atoms. The quantitative estimate of drug-likeness (QED) is 0.362. The van der Waals surface area contributed by atoms with Crippen LogP contribution >= 0.6 is 11.6 Å². The lowest BCUT2D eigenvalue weighted by atomic mass is 9.85. The van der Waals surface area contributed by atoms with Gasteiger partial charge in [-0.2, -0.15) is 18.3 Å². The van der Waals surface area contributed by atoms with E-state index in [1.807, 2.05) is 0 Å². The number of rotatable bonds is 6. The number of alkyl halides is 3. The number of carbonyl (C=O) groups excluding carboxylic acids is 3. The van der Waals surface area contributed by atoms with Crippen LogP contribution in [0.15, 0.2) is 24.4 Å². The Hall–Kier alpha value is -3.91. The van der Waals surface area contributed by atoms with E-state index in [4.69, 9.17) is 17.3 Å². The molecule has 11 nitrogen and oxygen atoms in total. The number of hydrogen-bond acceptors (Lipinski definition) is 6. The number of aromatic amines is 1. The Morgan fingerprint density at radius 1 is 1.07 bits per heavy atom. The van der Waals surface area contributed by atoms with Crippen LogP contribution in [-0.4, -0.2) is 79.5 Å². The van der Waals surface area contributed by atoms with Crippen LogP contribution in [0.3, 0.4) is 0 Å². The first-order chi connectivity index (χ1) is 21.4. The fourth-order valence-corrected chi connectivity index (χ4v) is 6.57. The minimum Gasteiger partial charge on any atom is -0.339 e. The van der Waals surface area contributed by atoms with Gasteiger partial charge in [0.05, 0.1) is 28.0 Å². The lowest BCUT2D eigenvalue weighted by Crippen LogP contribution is -2.52. The van der Waals surface area contributed by atoms with E-state index in [1.165, 1.54) is 36.0 Å². The van der Waals surface area contributed by atoms with Crippen LogP contribution in [0.5, 0.6) is 0 Å². The van der Waals surface area contributed by atoms with Crippen molar-refractivity contribution >= 4 is 35.0 Å². The van der Waals surface area contributed by atoms with E-state index in [0.717, 1.165) is 32.1 Å². The number of hydrogen-bond donors (Lipinski definition) is 3. The maximum Gasteiger partial charge on any atom is 0.435 e. The third-order valence-electron chi connectivity index (χ3n) is 8.90. The minimum absolute atomic E-state index is 0.0495. The van der Waals surface area contributed by atoms with E-state index < -0.39 is 17.8 Å². The second kappa shape index (κ2) is 12.1. The van der Waals surface area contributed by atoms with E-state index in [2.05, 4.69) is 20.5 Å². The topological polar surface area (TPSA) is 142 Å². The smallest absolute Gasteiger partial charge is 0.339 e. The van der Waals surface area contributed by atoms with Gasteiger partial charge in [0, 0.05) is 62.5 Å². The summed E-state index contributed by atoms with van der Waals surface area (Å²) in [5, 5.41) is 8.84. The van der Waals surface area contributed by atoms with Crippen LogP contribution in [0, 0.1) is 5.92 Å². The van der Waals surface area contributed by atoms with E-state index in [1.54, 1.807) is 9.80 Å². The Bertz CT molecular complexity index is 1620. The van der Waals surface area contributed by atoms with Gasteiger partial charge in [0.1, 0.15) is 0 Å². The van der Waals surface area contributed by atoms with Gasteiger partial charge in [0.25, 0.3) is 11.8 Å². The monoisotopic (exact) mass is 646 g/mol. The molecular weight excluding hydrogens is 613 g/mol. The Morgan fingerprint density at radius 2 is 1.78 bits per heavy atom. The number of benzene rings is 1. The zero-order chi connectivity index (χ0) is 32.0. The molecule has 0 unspecified atom stereocenters. The van der Waals surface area contributed by atoms with Crippen LogP contribution < -0.4 is 11.1 Å². The number of piperazine rings is 1. The summed E-state index contributed by atoms with van der Waals surface area (Å²) in [6, 6.07) is 4.52. The number of amides is 3. The maximum absolute atomic E-state index is 13.7. The van der Waals surface area contributed by atoms with Crippen molar-refractivity contribution < 1.29 is 27.6 Å². The predicted molar refractivity (Wildman–Crippen MR) is 160 cm³/mol. The maximum atomic E-state index is 13.7. The number of imidazole rings is 1. The number of H-pyrrole nitrogens is 1. The molecule has 1 aromatic carbocycles. The fourth-order valence-electron chi connectivity index (χ4n) is 6.30. The lowest BCUT2D eigenvalue weighted by molar-refractivity contribution is -0.140. The molecule has 1 aliphatic heterocycles. The summed E-state index contributed by atoms with van der Waals surface area (Å²) in [7, 11) is 1.47. The van der Waals surface area contributed by atoms with Gasteiger partial charge in [-0.3, -0.25) is 19.5 Å². The third-order valence-corrected chi connectivity index (χ3v) is 9.21. The first-order valence-corrected chi connectivity index (χ1v) is 15.4. The van der Waals surface area contributed by atoms with Crippen molar-refractivity contribution in [3.05, 3.63) is 52.2 Å². The van der Waals surface area contributed by atoms with Gasteiger partial charge in [-0.1, -0.05) is 18.0 Å². The van der Waals surface area contributed by atoms with Gasteiger partial charge in [-0.25, -0.2) is 4.98 Å². The Morgan fingerprint density at radius 3 is 2.42 bits per heavy atom. The number of carbonyl (C=O) groups is 3. The highest BCUT2D eigenvalue weighted by Crippen LogP contribution is 2.47. The molecule has 15 heteroatoms. The van der Waals surface area contributed by atoms with E-state index in [9.17, 15) is 27.6 Å². The van der Waals surface area contributed by atoms with Crippen molar-refractivity contribution in [2.75, 3.05) is 31.5 Å². The predicted octanol–water partition coefficient (Wildman–Crippen LogP) is 4.41. The molecule has 2 aromatic heterocycles. The van der Waals surface area contributed by atoms with Crippen LogP contribution in [0.25, 0.3) is 11.3 Å². The van der Waals surface area contributed by atoms with Crippen LogP contribution in [0.4, 0.5) is 18.9 Å². The molecule has 240 valence electrons. The normalized spacial score (nSPS) is 20.8. The van der Waals surface area contributed by atoms with Crippen molar-refractivity contribution in [1.82, 2.24) is 29.5 Å². The molecule has 6 rings (SSSR count). The summed E-state index contributed by atoms with van der Waals surface area (Å²) in [5.41, 5.74) is 5.94. The molecule has 3 fully saturated rings. The van der Waals surface area contributed by atoms with Crippen molar-refractivity contribution in [2.45, 2.75) is 56.7 Å². The average molecular weight is 647 g/mol. The first kappa shape index (κ1) is 31.1. The van der Waals surface area contributed by atoms with Gasteiger partial charge in [0.2, 0.25) is 5.91 Å². The summed E-state index contributed by atoms with van der Waals surface area (Å²) in [4.78, 5) is 46.9. The third kappa shape index (κ3) is 6.30. The van der Waals surface area contributed by atoms with Gasteiger partial charge >= 0.3 is 6.18 Å². The molecule has 3 amide bonds. The molecule has 45 heavy (non-hydrogen) atoms. The van der Waals surface area contributed by atoms with Crippen LogP contribution in [-0.2, 0) is 18.0 Å². The fraction of sp³-hybridized carbons (Fsp3) is 0.500. The summed E-state index contributed by atoms with van der Waals surface area (Å²) in [6.07, 6.45) is 1.48. The Balaban J connectivity index is 1.11. The number of anilines is 1. The molecule has 2 aliphatic carbocycles. The van der Waals surface area contributed by atoms with Gasteiger partial charge in [0.15, 0.2) is 11.5 Å². The number of nitrogens with zero attached hydrogens (tertiary/aromatic N) is 5. The summed E-state index contributed by atoms with van der Waals surface area (Å²) >= 11 is 6.47. The molecule has 2 atom stereocenters. The van der Waals surface area contributed by atoms with Gasteiger partial charge in [-0.15, -0.1) is 0 Å². The van der Waals surface area contributed by atoms with Crippen molar-refractivity contribution in [3.8, 4) is 11.3 Å². The highest BCUT2D eigenvalue weighted by molar-refractivity contribution is 6.34. The molecule has 3 aliphatic rings. The number of nitrogens with one attached hydrogen (secondary N) is 2. The molecule has 3 heterocycles. The molecule has 2 saturated carbocycles. The van der Waals surface area contributed by atoms with E-state index in [0.29, 0.717) is 38.3 Å². The van der Waals surface area contributed by atoms with Crippen molar-refractivity contribution in [1.29, 1.82) is 0 Å². The minimum atomic E-state index is -4.68. The zero-order valence-corrected chi connectivity index (χ0v) is 25.4. The molecule has 3 aromatic rings. The lowest BCUT2D eigenvalue weighted by Gasteiger charge is -2.38. The SMILES string of the molecule is Cn1c(-c2c(C(F)(F)F)n[nH]c2C2CC2)cnc1C(=O)Nc1ccc(C(=O)N2CCN(C(=O)[C@@H]3CCC[C@@H](N)C3)CC2)c(Cl)c1. The molecule has 0 radical (unpaired) electrons. The highest BCUT2D eigenvalue weighted by atomic mass is 35.5.